The molecule has 2 aromatic heterocycles. The second kappa shape index (κ2) is 10.5. The maximum Gasteiger partial charge on any atom is 0.267 e. The molecule has 0 amide bonds. The van der Waals surface area contributed by atoms with Gasteiger partial charge in [-0.25, -0.2) is 13.8 Å². The molecule has 1 saturated heterocycles. The zero-order chi connectivity index (χ0) is 28.7. The second-order valence-corrected chi connectivity index (χ2v) is 9.77. The summed E-state index contributed by atoms with van der Waals surface area (Å²) in [6.07, 6.45) is 0.344. The van der Waals surface area contributed by atoms with Gasteiger partial charge in [-0.15, -0.1) is 0 Å². The minimum Gasteiger partial charge on any atom is -0.382 e. The predicted molar refractivity (Wildman–Crippen MR) is 145 cm³/mol. The normalized spacial score (nSPS) is 16.8. The van der Waals surface area contributed by atoms with Crippen molar-refractivity contribution in [3.05, 3.63) is 74.8 Å². The molecule has 11 nitrogen and oxygen atoms in total. The lowest BCUT2D eigenvalue weighted by molar-refractivity contribution is -0.118. The number of rotatable bonds is 6. The molecule has 0 unspecified atom stereocenters. The van der Waals surface area contributed by atoms with Crippen LogP contribution in [0.5, 0.6) is 0 Å². The zero-order valence-corrected chi connectivity index (χ0v) is 21.6. The monoisotopic (exact) mass is 565 g/mol. The van der Waals surface area contributed by atoms with Crippen molar-refractivity contribution in [2.45, 2.75) is 18.9 Å². The maximum atomic E-state index is 14.4. The summed E-state index contributed by atoms with van der Waals surface area (Å²) in [6.45, 7) is 0.0139. The van der Waals surface area contributed by atoms with Gasteiger partial charge in [0, 0.05) is 19.0 Å². The number of fused-ring (bicyclic) bond motifs is 1. The summed E-state index contributed by atoms with van der Waals surface area (Å²) in [6, 6.07) is 8.52. The van der Waals surface area contributed by atoms with E-state index in [2.05, 4.69) is 9.97 Å². The van der Waals surface area contributed by atoms with Crippen LogP contribution in [0.1, 0.15) is 30.3 Å². The first-order chi connectivity index (χ1) is 19.1. The summed E-state index contributed by atoms with van der Waals surface area (Å²) >= 11 is 6.35. The van der Waals surface area contributed by atoms with E-state index in [9.17, 15) is 23.6 Å². The molecule has 4 aromatic rings. The third-order valence-corrected chi connectivity index (χ3v) is 7.04. The van der Waals surface area contributed by atoms with Crippen molar-refractivity contribution >= 4 is 45.9 Å². The maximum absolute atomic E-state index is 14.4. The van der Waals surface area contributed by atoms with Crippen molar-refractivity contribution in [3.63, 3.8) is 0 Å². The van der Waals surface area contributed by atoms with Gasteiger partial charge < -0.3 is 22.1 Å². The Morgan fingerprint density at radius 2 is 1.88 bits per heavy atom. The SMILES string of the molecule is N#Cc1c(N)nc(N)nc1N1C[C@H](CC(=O)CN)C[C@H]1c1nc2cccc(Cl)c2c(=O)n1-c1cc(F)cc(F)c1. The Bertz CT molecular complexity index is 1750. The Morgan fingerprint density at radius 1 is 1.15 bits per heavy atom. The van der Waals surface area contributed by atoms with Crippen molar-refractivity contribution in [2.75, 3.05) is 29.5 Å². The molecule has 14 heteroatoms. The van der Waals surface area contributed by atoms with E-state index in [0.717, 1.165) is 16.7 Å². The predicted octanol–water partition coefficient (Wildman–Crippen LogP) is 2.63. The number of benzene rings is 2. The van der Waals surface area contributed by atoms with Gasteiger partial charge in [0.1, 0.15) is 40.7 Å². The van der Waals surface area contributed by atoms with Gasteiger partial charge >= 0.3 is 0 Å². The molecule has 1 fully saturated rings. The van der Waals surface area contributed by atoms with Gasteiger partial charge in [-0.3, -0.25) is 14.2 Å². The Balaban J connectivity index is 1.81. The fourth-order valence-corrected chi connectivity index (χ4v) is 5.35. The van der Waals surface area contributed by atoms with Crippen LogP contribution in [0.2, 0.25) is 5.02 Å². The number of nitrogens with two attached hydrogens (primary N) is 3. The molecule has 0 bridgehead atoms. The van der Waals surface area contributed by atoms with Crippen LogP contribution in [0.15, 0.2) is 41.2 Å². The molecule has 3 heterocycles. The number of nitrogen functional groups attached to an aromatic ring is 2. The van der Waals surface area contributed by atoms with E-state index in [-0.39, 0.29) is 88.2 Å². The summed E-state index contributed by atoms with van der Waals surface area (Å²) in [4.78, 5) is 40.7. The van der Waals surface area contributed by atoms with Crippen molar-refractivity contribution in [2.24, 2.45) is 11.7 Å². The van der Waals surface area contributed by atoms with Crippen LogP contribution in [0.3, 0.4) is 0 Å². The number of hydrogen-bond acceptors (Lipinski definition) is 10. The summed E-state index contributed by atoms with van der Waals surface area (Å²) in [7, 11) is 0. The van der Waals surface area contributed by atoms with Crippen LogP contribution in [-0.2, 0) is 4.79 Å². The molecule has 1 aliphatic rings. The van der Waals surface area contributed by atoms with Gasteiger partial charge in [-0.2, -0.15) is 15.2 Å². The molecule has 5 rings (SSSR count). The van der Waals surface area contributed by atoms with Crippen LogP contribution < -0.4 is 27.7 Å². The van der Waals surface area contributed by atoms with E-state index >= 15 is 0 Å². The molecule has 0 radical (unpaired) electrons. The number of Topliss-reactive ketones (excluding diaryl/α,β-unsaturated/α-hetero) is 1. The number of halogens is 3. The van der Waals surface area contributed by atoms with Gasteiger partial charge in [0.2, 0.25) is 5.95 Å². The molecule has 2 aromatic carbocycles. The van der Waals surface area contributed by atoms with Gasteiger partial charge in [0.05, 0.1) is 34.2 Å². The summed E-state index contributed by atoms with van der Waals surface area (Å²) in [5.41, 5.74) is 16.8. The van der Waals surface area contributed by atoms with Crippen molar-refractivity contribution in [1.29, 1.82) is 5.26 Å². The third kappa shape index (κ3) is 4.78. The van der Waals surface area contributed by atoms with E-state index < -0.39 is 23.2 Å². The first kappa shape index (κ1) is 26.9. The molecule has 0 aliphatic carbocycles. The number of anilines is 3. The molecule has 40 heavy (non-hydrogen) atoms. The molecular formula is C26H22ClF2N9O2. The number of hydrogen-bond donors (Lipinski definition) is 3. The summed E-state index contributed by atoms with van der Waals surface area (Å²) in [5.74, 6) is -2.55. The van der Waals surface area contributed by atoms with Crippen LogP contribution in [0.4, 0.5) is 26.4 Å². The lowest BCUT2D eigenvalue weighted by atomic mass is 9.98. The first-order valence-electron chi connectivity index (χ1n) is 12.1. The average molecular weight is 566 g/mol. The highest BCUT2D eigenvalue weighted by molar-refractivity contribution is 6.35. The van der Waals surface area contributed by atoms with Crippen molar-refractivity contribution in [1.82, 2.24) is 19.5 Å². The van der Waals surface area contributed by atoms with E-state index in [4.69, 9.17) is 33.8 Å². The summed E-state index contributed by atoms with van der Waals surface area (Å²) in [5, 5.41) is 10.00. The first-order valence-corrected chi connectivity index (χ1v) is 12.5. The Kier molecular flexibility index (Phi) is 7.05. The lowest BCUT2D eigenvalue weighted by Crippen LogP contribution is -2.33. The fourth-order valence-electron chi connectivity index (χ4n) is 5.10. The second-order valence-electron chi connectivity index (χ2n) is 9.37. The zero-order valence-electron chi connectivity index (χ0n) is 20.8. The third-order valence-electron chi connectivity index (χ3n) is 6.73. The number of ketones is 1. The average Bonchev–Trinajstić information content (AvgIpc) is 3.30. The van der Waals surface area contributed by atoms with Crippen LogP contribution in [0, 0.1) is 28.9 Å². The molecule has 6 N–H and O–H groups in total. The van der Waals surface area contributed by atoms with Gasteiger partial charge in [-0.1, -0.05) is 17.7 Å². The van der Waals surface area contributed by atoms with Gasteiger partial charge in [0.25, 0.3) is 5.56 Å². The number of nitriles is 1. The van der Waals surface area contributed by atoms with E-state index in [1.54, 1.807) is 17.0 Å². The van der Waals surface area contributed by atoms with Crippen LogP contribution in [0.25, 0.3) is 16.6 Å². The van der Waals surface area contributed by atoms with Crippen molar-refractivity contribution in [3.8, 4) is 11.8 Å². The molecule has 0 spiro atoms. The highest BCUT2D eigenvalue weighted by atomic mass is 35.5. The highest BCUT2D eigenvalue weighted by Crippen LogP contribution is 2.41. The molecule has 1 aliphatic heterocycles. The smallest absolute Gasteiger partial charge is 0.267 e. The number of aromatic nitrogens is 4. The van der Waals surface area contributed by atoms with E-state index in [0.29, 0.717) is 6.07 Å². The topological polar surface area (TPSA) is 183 Å². The van der Waals surface area contributed by atoms with Gasteiger partial charge in [-0.05, 0) is 36.6 Å². The Morgan fingerprint density at radius 3 is 2.55 bits per heavy atom. The minimum atomic E-state index is -0.912. The molecule has 0 saturated carbocycles. The number of nitrogens with zero attached hydrogens (tertiary/aromatic N) is 6. The minimum absolute atomic E-state index is 0.0465. The number of carbonyl (C=O) groups is 1. The number of carbonyl (C=O) groups excluding carboxylic acids is 1. The van der Waals surface area contributed by atoms with E-state index in [1.807, 2.05) is 6.07 Å². The Labute approximate surface area is 230 Å². The van der Waals surface area contributed by atoms with Crippen LogP contribution in [-0.4, -0.2) is 38.4 Å². The molecule has 204 valence electrons. The molecule has 2 atom stereocenters. The van der Waals surface area contributed by atoms with Gasteiger partial charge in [0.15, 0.2) is 5.82 Å². The Hall–Kier alpha value is -4.67. The quantitative estimate of drug-likeness (QED) is 0.314. The lowest BCUT2D eigenvalue weighted by Gasteiger charge is -2.28. The van der Waals surface area contributed by atoms with Crippen LogP contribution >= 0.6 is 11.6 Å². The fraction of sp³-hybridized carbons (Fsp3) is 0.231. The largest absolute Gasteiger partial charge is 0.382 e. The highest BCUT2D eigenvalue weighted by Gasteiger charge is 2.39. The standard InChI is InChI=1S/C26H22ClF2N9O2/c27-18-2-1-3-19-21(18)25(40)38(15-7-13(28)6-14(29)8-15)24(34-19)20-5-12(4-16(39)9-30)11-37(20)23-17(10-31)22(32)35-26(33)36-23/h1-3,6-8,12,20H,4-5,9,11,30H2,(H4,32,33,35,36)/t12-,20+/m1/s1. The molecular weight excluding hydrogens is 544 g/mol. The van der Waals surface area contributed by atoms with Crippen molar-refractivity contribution < 1.29 is 13.6 Å². The van der Waals surface area contributed by atoms with E-state index in [1.165, 1.54) is 6.07 Å². The summed E-state index contributed by atoms with van der Waals surface area (Å²) < 4.78 is 29.8.